The Hall–Kier alpha value is -1.47. The molecule has 0 aliphatic carbocycles. The zero-order valence-electron chi connectivity index (χ0n) is 11.9. The van der Waals surface area contributed by atoms with Gasteiger partial charge in [0.05, 0.1) is 30.2 Å². The maximum atomic E-state index is 12.9. The highest BCUT2D eigenvalue weighted by Gasteiger charge is 2.32. The van der Waals surface area contributed by atoms with Crippen molar-refractivity contribution in [3.05, 3.63) is 23.8 Å². The third-order valence-corrected chi connectivity index (χ3v) is 3.49. The van der Waals surface area contributed by atoms with E-state index >= 15 is 0 Å². The number of anilines is 2. The van der Waals surface area contributed by atoms with Gasteiger partial charge in [-0.1, -0.05) is 0 Å². The van der Waals surface area contributed by atoms with Crippen LogP contribution in [0.1, 0.15) is 12.5 Å². The molecule has 1 fully saturated rings. The van der Waals surface area contributed by atoms with Gasteiger partial charge < -0.3 is 15.0 Å². The summed E-state index contributed by atoms with van der Waals surface area (Å²) in [6, 6.07) is 3.30. The van der Waals surface area contributed by atoms with Gasteiger partial charge in [-0.25, -0.2) is 0 Å². The third-order valence-electron chi connectivity index (χ3n) is 3.29. The van der Waals surface area contributed by atoms with E-state index in [4.69, 9.17) is 16.3 Å². The number of rotatable bonds is 3. The number of benzene rings is 1. The van der Waals surface area contributed by atoms with Gasteiger partial charge in [0, 0.05) is 13.1 Å². The van der Waals surface area contributed by atoms with Crippen molar-refractivity contribution in [2.45, 2.75) is 18.5 Å². The second-order valence-corrected chi connectivity index (χ2v) is 5.59. The molecule has 1 heterocycles. The minimum Gasteiger partial charge on any atom is -0.378 e. The fraction of sp³-hybridized carbons (Fsp3) is 0.500. The number of morpholine rings is 1. The van der Waals surface area contributed by atoms with Crippen LogP contribution in [0.2, 0.25) is 0 Å². The van der Waals surface area contributed by atoms with E-state index in [0.717, 1.165) is 12.1 Å². The van der Waals surface area contributed by atoms with Crippen LogP contribution >= 0.6 is 11.6 Å². The Balaban J connectivity index is 2.36. The molecule has 2 rings (SSSR count). The van der Waals surface area contributed by atoms with Gasteiger partial charge in [0.15, 0.2) is 0 Å². The predicted octanol–water partition coefficient (Wildman–Crippen LogP) is 3.11. The first-order valence-electron chi connectivity index (χ1n) is 6.78. The van der Waals surface area contributed by atoms with Crippen LogP contribution in [0, 0.1) is 0 Å². The lowest BCUT2D eigenvalue weighted by atomic mass is 10.1. The average molecular weight is 337 g/mol. The molecule has 0 unspecified atom stereocenters. The van der Waals surface area contributed by atoms with Gasteiger partial charge in [0.1, 0.15) is 5.38 Å². The van der Waals surface area contributed by atoms with E-state index in [1.807, 2.05) is 4.90 Å². The Morgan fingerprint density at radius 2 is 2.00 bits per heavy atom. The van der Waals surface area contributed by atoms with Crippen LogP contribution in [-0.4, -0.2) is 37.6 Å². The van der Waals surface area contributed by atoms with Crippen molar-refractivity contribution < 1.29 is 22.7 Å². The molecular formula is C14H16ClF3N2O2. The van der Waals surface area contributed by atoms with E-state index in [2.05, 4.69) is 5.32 Å². The first-order valence-corrected chi connectivity index (χ1v) is 7.21. The Kier molecular flexibility index (Phi) is 5.18. The maximum Gasteiger partial charge on any atom is 0.416 e. The summed E-state index contributed by atoms with van der Waals surface area (Å²) in [5, 5.41) is 1.63. The van der Waals surface area contributed by atoms with Crippen molar-refractivity contribution in [1.82, 2.24) is 0 Å². The van der Waals surface area contributed by atoms with Crippen molar-refractivity contribution in [1.29, 1.82) is 0 Å². The number of hydrogen-bond acceptors (Lipinski definition) is 3. The number of amides is 1. The minimum absolute atomic E-state index is 0.106. The van der Waals surface area contributed by atoms with Crippen LogP contribution in [0.25, 0.3) is 0 Å². The fourth-order valence-electron chi connectivity index (χ4n) is 2.12. The normalized spacial score (nSPS) is 17.2. The summed E-state index contributed by atoms with van der Waals surface area (Å²) in [4.78, 5) is 13.6. The van der Waals surface area contributed by atoms with Gasteiger partial charge in [0.25, 0.3) is 0 Å². The molecule has 0 bridgehead atoms. The molecule has 8 heteroatoms. The molecule has 1 aliphatic rings. The standard InChI is InChI=1S/C14H16ClF3N2O2/c1-9(15)13(21)19-11-8-10(14(16,17)18)2-3-12(11)20-4-6-22-7-5-20/h2-3,8-9H,4-7H2,1H3,(H,19,21)/t9-/m1/s1. The van der Waals surface area contributed by atoms with Gasteiger partial charge in [-0.3, -0.25) is 4.79 Å². The molecule has 1 aliphatic heterocycles. The van der Waals surface area contributed by atoms with Gasteiger partial charge in [-0.05, 0) is 25.1 Å². The van der Waals surface area contributed by atoms with E-state index < -0.39 is 23.0 Å². The SMILES string of the molecule is C[C@@H](Cl)C(=O)Nc1cc(C(F)(F)F)ccc1N1CCOCC1. The van der Waals surface area contributed by atoms with Crippen LogP contribution in [-0.2, 0) is 15.7 Å². The quantitative estimate of drug-likeness (QED) is 0.862. The topological polar surface area (TPSA) is 41.6 Å². The number of halogens is 4. The first kappa shape index (κ1) is 16.9. The summed E-state index contributed by atoms with van der Waals surface area (Å²) in [5.41, 5.74) is -0.182. The van der Waals surface area contributed by atoms with Gasteiger partial charge >= 0.3 is 6.18 Å². The molecule has 1 atom stereocenters. The van der Waals surface area contributed by atoms with Crippen molar-refractivity contribution in [3.63, 3.8) is 0 Å². The molecule has 1 amide bonds. The van der Waals surface area contributed by atoms with Gasteiger partial charge in [0.2, 0.25) is 5.91 Å². The van der Waals surface area contributed by atoms with E-state index in [0.29, 0.717) is 32.0 Å². The average Bonchev–Trinajstić information content (AvgIpc) is 2.47. The molecule has 1 aromatic rings. The van der Waals surface area contributed by atoms with E-state index in [-0.39, 0.29) is 5.69 Å². The molecule has 1 aromatic carbocycles. The number of nitrogens with zero attached hydrogens (tertiary/aromatic N) is 1. The second kappa shape index (κ2) is 6.75. The zero-order chi connectivity index (χ0) is 16.3. The van der Waals surface area contributed by atoms with Crippen LogP contribution < -0.4 is 10.2 Å². The van der Waals surface area contributed by atoms with E-state index in [9.17, 15) is 18.0 Å². The Labute approximate surface area is 131 Å². The molecular weight excluding hydrogens is 321 g/mol. The number of carbonyl (C=O) groups excluding carboxylic acids is 1. The highest BCUT2D eigenvalue weighted by molar-refractivity contribution is 6.32. The first-order chi connectivity index (χ1) is 10.3. The van der Waals surface area contributed by atoms with Crippen LogP contribution in [0.3, 0.4) is 0 Å². The smallest absolute Gasteiger partial charge is 0.378 e. The number of hydrogen-bond donors (Lipinski definition) is 1. The molecule has 1 saturated heterocycles. The molecule has 122 valence electrons. The molecule has 22 heavy (non-hydrogen) atoms. The highest BCUT2D eigenvalue weighted by Crippen LogP contribution is 2.35. The van der Waals surface area contributed by atoms with Crippen LogP contribution in [0.5, 0.6) is 0 Å². The molecule has 0 spiro atoms. The number of alkyl halides is 4. The van der Waals surface area contributed by atoms with Crippen molar-refractivity contribution in [2.24, 2.45) is 0 Å². The predicted molar refractivity (Wildman–Crippen MR) is 78.4 cm³/mol. The lowest BCUT2D eigenvalue weighted by molar-refractivity contribution is -0.137. The highest BCUT2D eigenvalue weighted by atomic mass is 35.5. The third kappa shape index (κ3) is 4.04. The van der Waals surface area contributed by atoms with Crippen molar-refractivity contribution in [2.75, 3.05) is 36.5 Å². The number of ether oxygens (including phenoxy) is 1. The van der Waals surface area contributed by atoms with Crippen molar-refractivity contribution >= 4 is 28.9 Å². The van der Waals surface area contributed by atoms with Crippen molar-refractivity contribution in [3.8, 4) is 0 Å². The molecule has 0 aromatic heterocycles. The van der Waals surface area contributed by atoms with Crippen LogP contribution in [0.15, 0.2) is 18.2 Å². The second-order valence-electron chi connectivity index (χ2n) is 4.93. The molecule has 4 nitrogen and oxygen atoms in total. The Morgan fingerprint density at radius 1 is 1.36 bits per heavy atom. The largest absolute Gasteiger partial charge is 0.416 e. The summed E-state index contributed by atoms with van der Waals surface area (Å²) < 4.78 is 43.8. The summed E-state index contributed by atoms with van der Waals surface area (Å²) >= 11 is 5.68. The monoisotopic (exact) mass is 336 g/mol. The lowest BCUT2D eigenvalue weighted by Crippen LogP contribution is -2.37. The Morgan fingerprint density at radius 3 is 2.55 bits per heavy atom. The minimum atomic E-state index is -4.48. The molecule has 0 saturated carbocycles. The summed E-state index contributed by atoms with van der Waals surface area (Å²) in [6.45, 7) is 3.52. The van der Waals surface area contributed by atoms with Crippen LogP contribution in [0.4, 0.5) is 24.5 Å². The zero-order valence-corrected chi connectivity index (χ0v) is 12.7. The Bertz CT molecular complexity index is 543. The number of nitrogens with one attached hydrogen (secondary N) is 1. The fourth-order valence-corrected chi connectivity index (χ4v) is 2.18. The number of carbonyl (C=O) groups is 1. The summed E-state index contributed by atoms with van der Waals surface area (Å²) in [7, 11) is 0. The molecule has 1 N–H and O–H groups in total. The van der Waals surface area contributed by atoms with E-state index in [1.54, 1.807) is 0 Å². The summed E-state index contributed by atoms with van der Waals surface area (Å²) in [6.07, 6.45) is -4.48. The summed E-state index contributed by atoms with van der Waals surface area (Å²) in [5.74, 6) is -0.546. The lowest BCUT2D eigenvalue weighted by Gasteiger charge is -2.31. The van der Waals surface area contributed by atoms with Gasteiger partial charge in [-0.2, -0.15) is 13.2 Å². The molecule has 0 radical (unpaired) electrons. The maximum absolute atomic E-state index is 12.9. The van der Waals surface area contributed by atoms with E-state index in [1.165, 1.54) is 13.0 Å². The van der Waals surface area contributed by atoms with Gasteiger partial charge in [-0.15, -0.1) is 11.6 Å².